The summed E-state index contributed by atoms with van der Waals surface area (Å²) in [6.45, 7) is 2.05. The molecule has 0 saturated carbocycles. The molecule has 3 nitrogen and oxygen atoms in total. The highest BCUT2D eigenvalue weighted by Crippen LogP contribution is 2.27. The summed E-state index contributed by atoms with van der Waals surface area (Å²) in [5.41, 5.74) is 4.16. The zero-order valence-electron chi connectivity index (χ0n) is 10.0. The lowest BCUT2D eigenvalue weighted by Gasteiger charge is -1.98. The van der Waals surface area contributed by atoms with Crippen LogP contribution in [0.5, 0.6) is 0 Å². The van der Waals surface area contributed by atoms with E-state index in [1.54, 1.807) is 0 Å². The number of aliphatic carboxylic acids is 1. The fourth-order valence-electron chi connectivity index (χ4n) is 2.34. The van der Waals surface area contributed by atoms with Crippen molar-refractivity contribution in [1.82, 2.24) is 4.98 Å². The summed E-state index contributed by atoms with van der Waals surface area (Å²) in [5.74, 6) is -0.801. The SMILES string of the molecule is Cc1ccc2[nH]c3ccc(CC(=O)O)cc3c2c1. The van der Waals surface area contributed by atoms with E-state index in [0.29, 0.717) is 0 Å². The van der Waals surface area contributed by atoms with Gasteiger partial charge in [0.1, 0.15) is 0 Å². The number of carboxylic acid groups (broad SMARTS) is 1. The Morgan fingerprint density at radius 2 is 1.78 bits per heavy atom. The predicted molar refractivity (Wildman–Crippen MR) is 71.9 cm³/mol. The van der Waals surface area contributed by atoms with Crippen LogP contribution in [0, 0.1) is 6.92 Å². The standard InChI is InChI=1S/C15H13NO2/c1-9-2-4-13-11(6-9)12-7-10(8-15(17)18)3-5-14(12)16-13/h2-7,16H,8H2,1H3,(H,17,18). The van der Waals surface area contributed by atoms with Crippen molar-refractivity contribution in [2.45, 2.75) is 13.3 Å². The summed E-state index contributed by atoms with van der Waals surface area (Å²) in [6, 6.07) is 12.0. The first-order chi connectivity index (χ1) is 8.63. The molecule has 0 amide bonds. The number of hydrogen-bond donors (Lipinski definition) is 2. The molecule has 0 aliphatic carbocycles. The second-order valence-electron chi connectivity index (χ2n) is 4.62. The third kappa shape index (κ3) is 1.74. The van der Waals surface area contributed by atoms with Gasteiger partial charge >= 0.3 is 5.97 Å². The van der Waals surface area contributed by atoms with Crippen LogP contribution >= 0.6 is 0 Å². The maximum absolute atomic E-state index is 10.8. The fraction of sp³-hybridized carbons (Fsp3) is 0.133. The van der Waals surface area contributed by atoms with Gasteiger partial charge in [0, 0.05) is 21.8 Å². The Morgan fingerprint density at radius 3 is 2.50 bits per heavy atom. The minimum atomic E-state index is -0.801. The number of benzene rings is 2. The third-order valence-corrected chi connectivity index (χ3v) is 3.17. The lowest BCUT2D eigenvalue weighted by molar-refractivity contribution is -0.136. The summed E-state index contributed by atoms with van der Waals surface area (Å²) in [6.07, 6.45) is 0.0639. The molecule has 18 heavy (non-hydrogen) atoms. The van der Waals surface area contributed by atoms with E-state index in [1.165, 1.54) is 5.56 Å². The number of aromatic amines is 1. The quantitative estimate of drug-likeness (QED) is 0.721. The van der Waals surface area contributed by atoms with Crippen LogP contribution in [0.4, 0.5) is 0 Å². The zero-order chi connectivity index (χ0) is 12.7. The first kappa shape index (κ1) is 10.8. The first-order valence-electron chi connectivity index (χ1n) is 5.86. The minimum absolute atomic E-state index is 0.0639. The molecule has 1 heterocycles. The maximum Gasteiger partial charge on any atom is 0.307 e. The van der Waals surface area contributed by atoms with Crippen LogP contribution < -0.4 is 0 Å². The molecule has 0 aliphatic heterocycles. The van der Waals surface area contributed by atoms with E-state index in [0.717, 1.165) is 27.4 Å². The van der Waals surface area contributed by atoms with E-state index in [9.17, 15) is 4.79 Å². The van der Waals surface area contributed by atoms with E-state index in [4.69, 9.17) is 5.11 Å². The Morgan fingerprint density at radius 1 is 1.11 bits per heavy atom. The second kappa shape index (κ2) is 3.88. The Bertz CT molecular complexity index is 756. The largest absolute Gasteiger partial charge is 0.481 e. The van der Waals surface area contributed by atoms with Crippen LogP contribution in [0.25, 0.3) is 21.8 Å². The van der Waals surface area contributed by atoms with E-state index >= 15 is 0 Å². The Labute approximate surface area is 104 Å². The average Bonchev–Trinajstić information content (AvgIpc) is 2.66. The number of fused-ring (bicyclic) bond motifs is 3. The molecule has 3 rings (SSSR count). The van der Waals surface area contributed by atoms with Crippen LogP contribution in [0.15, 0.2) is 36.4 Å². The normalized spacial score (nSPS) is 11.2. The van der Waals surface area contributed by atoms with Crippen molar-refractivity contribution in [1.29, 1.82) is 0 Å². The van der Waals surface area contributed by atoms with Crippen molar-refractivity contribution in [3.63, 3.8) is 0 Å². The molecule has 1 aromatic heterocycles. The Hall–Kier alpha value is -2.29. The van der Waals surface area contributed by atoms with Crippen molar-refractivity contribution in [3.05, 3.63) is 47.5 Å². The molecule has 0 fully saturated rings. The fourth-order valence-corrected chi connectivity index (χ4v) is 2.34. The Balaban J connectivity index is 2.27. The molecule has 0 aliphatic rings. The van der Waals surface area contributed by atoms with Crippen molar-refractivity contribution in [2.75, 3.05) is 0 Å². The molecule has 90 valence electrons. The smallest absolute Gasteiger partial charge is 0.307 e. The van der Waals surface area contributed by atoms with E-state index < -0.39 is 5.97 Å². The van der Waals surface area contributed by atoms with Gasteiger partial charge in [0.15, 0.2) is 0 Å². The number of rotatable bonds is 2. The summed E-state index contributed by atoms with van der Waals surface area (Å²) in [4.78, 5) is 14.1. The number of carbonyl (C=O) groups is 1. The number of hydrogen-bond acceptors (Lipinski definition) is 1. The van der Waals surface area contributed by atoms with E-state index in [2.05, 4.69) is 30.1 Å². The van der Waals surface area contributed by atoms with Gasteiger partial charge in [0.05, 0.1) is 6.42 Å². The Kier molecular flexibility index (Phi) is 2.33. The van der Waals surface area contributed by atoms with Gasteiger partial charge in [-0.3, -0.25) is 4.79 Å². The van der Waals surface area contributed by atoms with Gasteiger partial charge in [-0.25, -0.2) is 0 Å². The van der Waals surface area contributed by atoms with Gasteiger partial charge in [-0.15, -0.1) is 0 Å². The number of nitrogens with one attached hydrogen (secondary N) is 1. The van der Waals surface area contributed by atoms with Crippen LogP contribution in [0.2, 0.25) is 0 Å². The van der Waals surface area contributed by atoms with Gasteiger partial charge in [-0.2, -0.15) is 0 Å². The summed E-state index contributed by atoms with van der Waals surface area (Å²) < 4.78 is 0. The van der Waals surface area contributed by atoms with Crippen molar-refractivity contribution in [2.24, 2.45) is 0 Å². The predicted octanol–water partition coefficient (Wildman–Crippen LogP) is 3.26. The molecule has 0 unspecified atom stereocenters. The molecule has 0 bridgehead atoms. The molecule has 3 heteroatoms. The van der Waals surface area contributed by atoms with Gasteiger partial charge in [0.25, 0.3) is 0 Å². The third-order valence-electron chi connectivity index (χ3n) is 3.17. The van der Waals surface area contributed by atoms with Crippen molar-refractivity contribution < 1.29 is 9.90 Å². The highest BCUT2D eigenvalue weighted by molar-refractivity contribution is 6.07. The van der Waals surface area contributed by atoms with E-state index in [1.807, 2.05) is 18.2 Å². The summed E-state index contributed by atoms with van der Waals surface area (Å²) in [5, 5.41) is 11.1. The molecular formula is C15H13NO2. The molecule has 2 aromatic carbocycles. The van der Waals surface area contributed by atoms with Crippen molar-refractivity contribution >= 4 is 27.8 Å². The van der Waals surface area contributed by atoms with Gasteiger partial charge in [-0.05, 0) is 36.8 Å². The number of aryl methyl sites for hydroxylation is 1. The van der Waals surface area contributed by atoms with Crippen LogP contribution in [-0.4, -0.2) is 16.1 Å². The molecule has 2 N–H and O–H groups in total. The van der Waals surface area contributed by atoms with Crippen LogP contribution in [-0.2, 0) is 11.2 Å². The number of aromatic nitrogens is 1. The van der Waals surface area contributed by atoms with Gasteiger partial charge < -0.3 is 10.1 Å². The molecular weight excluding hydrogens is 226 g/mol. The zero-order valence-corrected chi connectivity index (χ0v) is 10.0. The highest BCUT2D eigenvalue weighted by atomic mass is 16.4. The summed E-state index contributed by atoms with van der Waals surface area (Å²) >= 11 is 0. The molecule has 0 radical (unpaired) electrons. The number of carboxylic acids is 1. The lowest BCUT2D eigenvalue weighted by atomic mass is 10.1. The van der Waals surface area contributed by atoms with Crippen molar-refractivity contribution in [3.8, 4) is 0 Å². The molecule has 0 saturated heterocycles. The highest BCUT2D eigenvalue weighted by Gasteiger charge is 2.07. The number of H-pyrrole nitrogens is 1. The second-order valence-corrected chi connectivity index (χ2v) is 4.62. The van der Waals surface area contributed by atoms with Crippen LogP contribution in [0.3, 0.4) is 0 Å². The summed E-state index contributed by atoms with van der Waals surface area (Å²) in [7, 11) is 0. The lowest BCUT2D eigenvalue weighted by Crippen LogP contribution is -1.99. The van der Waals surface area contributed by atoms with E-state index in [-0.39, 0.29) is 6.42 Å². The minimum Gasteiger partial charge on any atom is -0.481 e. The van der Waals surface area contributed by atoms with Crippen LogP contribution in [0.1, 0.15) is 11.1 Å². The molecule has 0 atom stereocenters. The average molecular weight is 239 g/mol. The topological polar surface area (TPSA) is 53.1 Å². The first-order valence-corrected chi connectivity index (χ1v) is 5.86. The van der Waals surface area contributed by atoms with Gasteiger partial charge in [-0.1, -0.05) is 17.7 Å². The maximum atomic E-state index is 10.8. The monoisotopic (exact) mass is 239 g/mol. The molecule has 0 spiro atoms. The molecule has 3 aromatic rings. The van der Waals surface area contributed by atoms with Gasteiger partial charge in [0.2, 0.25) is 0 Å².